The summed E-state index contributed by atoms with van der Waals surface area (Å²) in [5.41, 5.74) is 5.43. The van der Waals surface area contributed by atoms with E-state index in [0.717, 1.165) is 22.7 Å². The number of hydrogen-bond donors (Lipinski definition) is 0. The zero-order valence-corrected chi connectivity index (χ0v) is 14.0. The molecule has 0 unspecified atom stereocenters. The SMILES string of the molecule is CN(C)C(=O)c1ccc(-n2cc(C3=NCc4ccccc43)nn2)cc1. The van der Waals surface area contributed by atoms with Crippen molar-refractivity contribution in [3.8, 4) is 5.69 Å². The smallest absolute Gasteiger partial charge is 0.253 e. The lowest BCUT2D eigenvalue weighted by atomic mass is 10.0. The average molecular weight is 331 g/mol. The van der Waals surface area contributed by atoms with Gasteiger partial charge in [-0.25, -0.2) is 4.68 Å². The van der Waals surface area contributed by atoms with Crippen molar-refractivity contribution in [1.82, 2.24) is 19.9 Å². The van der Waals surface area contributed by atoms with Crippen LogP contribution >= 0.6 is 0 Å². The second-order valence-corrected chi connectivity index (χ2v) is 6.12. The van der Waals surface area contributed by atoms with Crippen LogP contribution in [-0.2, 0) is 6.54 Å². The van der Waals surface area contributed by atoms with E-state index >= 15 is 0 Å². The summed E-state index contributed by atoms with van der Waals surface area (Å²) in [7, 11) is 3.47. The summed E-state index contributed by atoms with van der Waals surface area (Å²) in [6, 6.07) is 15.5. The molecule has 0 atom stereocenters. The standard InChI is InChI=1S/C19H17N5O/c1-23(2)19(25)13-7-9-15(10-8-13)24-12-17(21-22-24)18-16-6-4-3-5-14(16)11-20-18/h3-10,12H,11H2,1-2H3. The van der Waals surface area contributed by atoms with Gasteiger partial charge in [-0.05, 0) is 29.8 Å². The van der Waals surface area contributed by atoms with Crippen LogP contribution in [-0.4, -0.2) is 45.6 Å². The topological polar surface area (TPSA) is 63.4 Å². The Labute approximate surface area is 145 Å². The Hall–Kier alpha value is -3.28. The molecule has 0 saturated carbocycles. The molecule has 1 aromatic heterocycles. The van der Waals surface area contributed by atoms with E-state index in [1.165, 1.54) is 5.56 Å². The third kappa shape index (κ3) is 2.71. The molecule has 124 valence electrons. The van der Waals surface area contributed by atoms with Crippen molar-refractivity contribution in [2.45, 2.75) is 6.54 Å². The van der Waals surface area contributed by atoms with Gasteiger partial charge in [0.15, 0.2) is 0 Å². The molecule has 2 aromatic carbocycles. The molecule has 6 nitrogen and oxygen atoms in total. The first-order valence-electron chi connectivity index (χ1n) is 8.01. The van der Waals surface area contributed by atoms with E-state index in [9.17, 15) is 4.79 Å². The van der Waals surface area contributed by atoms with Crippen molar-refractivity contribution in [2.75, 3.05) is 14.1 Å². The van der Waals surface area contributed by atoms with Crippen molar-refractivity contribution >= 4 is 11.6 Å². The molecule has 1 aliphatic rings. The van der Waals surface area contributed by atoms with Crippen molar-refractivity contribution in [3.05, 3.63) is 77.1 Å². The molecule has 0 aliphatic carbocycles. The van der Waals surface area contributed by atoms with Gasteiger partial charge in [0.05, 0.1) is 24.1 Å². The highest BCUT2D eigenvalue weighted by Gasteiger charge is 2.19. The number of nitrogens with zero attached hydrogens (tertiary/aromatic N) is 5. The minimum atomic E-state index is -0.0252. The lowest BCUT2D eigenvalue weighted by molar-refractivity contribution is 0.0827. The van der Waals surface area contributed by atoms with E-state index in [4.69, 9.17) is 0 Å². The molecule has 2 heterocycles. The Morgan fingerprint density at radius 2 is 1.84 bits per heavy atom. The number of aliphatic imine (C=N–C) groups is 1. The Morgan fingerprint density at radius 1 is 1.08 bits per heavy atom. The number of amides is 1. The molecule has 0 spiro atoms. The minimum Gasteiger partial charge on any atom is -0.345 e. The van der Waals surface area contributed by atoms with E-state index in [1.807, 2.05) is 30.5 Å². The number of aromatic nitrogens is 3. The van der Waals surface area contributed by atoms with Crippen molar-refractivity contribution in [2.24, 2.45) is 4.99 Å². The first-order valence-corrected chi connectivity index (χ1v) is 8.01. The number of fused-ring (bicyclic) bond motifs is 1. The second kappa shape index (κ2) is 5.98. The lowest BCUT2D eigenvalue weighted by Gasteiger charge is -2.10. The monoisotopic (exact) mass is 331 g/mol. The Bertz CT molecular complexity index is 969. The third-order valence-electron chi connectivity index (χ3n) is 4.20. The zero-order chi connectivity index (χ0) is 17.4. The van der Waals surface area contributed by atoms with Gasteiger partial charge in [0.2, 0.25) is 0 Å². The highest BCUT2D eigenvalue weighted by molar-refractivity contribution is 6.13. The molecule has 25 heavy (non-hydrogen) atoms. The quantitative estimate of drug-likeness (QED) is 0.740. The van der Waals surface area contributed by atoms with E-state index in [2.05, 4.69) is 27.4 Å². The number of carbonyl (C=O) groups is 1. The predicted molar refractivity (Wildman–Crippen MR) is 95.2 cm³/mol. The third-order valence-corrected chi connectivity index (χ3v) is 4.20. The molecule has 0 fully saturated rings. The fourth-order valence-corrected chi connectivity index (χ4v) is 2.87. The van der Waals surface area contributed by atoms with Gasteiger partial charge in [-0.2, -0.15) is 0 Å². The maximum atomic E-state index is 12.0. The summed E-state index contributed by atoms with van der Waals surface area (Å²) in [6.07, 6.45) is 1.86. The highest BCUT2D eigenvalue weighted by Crippen LogP contribution is 2.22. The van der Waals surface area contributed by atoms with Gasteiger partial charge in [-0.3, -0.25) is 9.79 Å². The fraction of sp³-hybridized carbons (Fsp3) is 0.158. The van der Waals surface area contributed by atoms with Crippen LogP contribution in [0.25, 0.3) is 5.69 Å². The van der Waals surface area contributed by atoms with Crippen molar-refractivity contribution in [3.63, 3.8) is 0 Å². The van der Waals surface area contributed by atoms with Crippen molar-refractivity contribution in [1.29, 1.82) is 0 Å². The molecule has 6 heteroatoms. The minimum absolute atomic E-state index is 0.0252. The molecule has 0 saturated heterocycles. The van der Waals surface area contributed by atoms with Crippen LogP contribution in [0.2, 0.25) is 0 Å². The van der Waals surface area contributed by atoms with Gasteiger partial charge in [0, 0.05) is 25.2 Å². The van der Waals surface area contributed by atoms with Gasteiger partial charge >= 0.3 is 0 Å². The summed E-state index contributed by atoms with van der Waals surface area (Å²) >= 11 is 0. The molecular formula is C19H17N5O. The molecule has 3 aromatic rings. The number of rotatable bonds is 3. The van der Waals surface area contributed by atoms with Crippen LogP contribution in [0.5, 0.6) is 0 Å². The molecular weight excluding hydrogens is 314 g/mol. The van der Waals surface area contributed by atoms with Gasteiger partial charge in [-0.1, -0.05) is 29.5 Å². The van der Waals surface area contributed by atoms with Crippen LogP contribution < -0.4 is 0 Å². The van der Waals surface area contributed by atoms with Crippen LogP contribution in [0.1, 0.15) is 27.2 Å². The largest absolute Gasteiger partial charge is 0.345 e. The van der Waals surface area contributed by atoms with E-state index in [-0.39, 0.29) is 5.91 Å². The van der Waals surface area contributed by atoms with Crippen LogP contribution in [0, 0.1) is 0 Å². The average Bonchev–Trinajstić information content (AvgIpc) is 3.28. The van der Waals surface area contributed by atoms with E-state index < -0.39 is 0 Å². The maximum absolute atomic E-state index is 12.0. The molecule has 0 radical (unpaired) electrons. The van der Waals surface area contributed by atoms with Gasteiger partial charge in [0.25, 0.3) is 5.91 Å². The number of carbonyl (C=O) groups excluding carboxylic acids is 1. The fourth-order valence-electron chi connectivity index (χ4n) is 2.87. The maximum Gasteiger partial charge on any atom is 0.253 e. The molecule has 0 bridgehead atoms. The summed E-state index contributed by atoms with van der Waals surface area (Å²) < 4.78 is 1.70. The number of benzene rings is 2. The molecule has 1 amide bonds. The lowest BCUT2D eigenvalue weighted by Crippen LogP contribution is -2.21. The second-order valence-electron chi connectivity index (χ2n) is 6.12. The highest BCUT2D eigenvalue weighted by atomic mass is 16.2. The van der Waals surface area contributed by atoms with E-state index in [1.54, 1.807) is 35.8 Å². The van der Waals surface area contributed by atoms with Crippen LogP contribution in [0.15, 0.2) is 59.7 Å². The molecule has 1 aliphatic heterocycles. The first-order chi connectivity index (χ1) is 12.1. The van der Waals surface area contributed by atoms with Crippen LogP contribution in [0.4, 0.5) is 0 Å². The van der Waals surface area contributed by atoms with E-state index in [0.29, 0.717) is 12.1 Å². The number of hydrogen-bond acceptors (Lipinski definition) is 4. The molecule has 4 rings (SSSR count). The van der Waals surface area contributed by atoms with Gasteiger partial charge in [0.1, 0.15) is 5.69 Å². The van der Waals surface area contributed by atoms with Crippen LogP contribution in [0.3, 0.4) is 0 Å². The Morgan fingerprint density at radius 3 is 2.60 bits per heavy atom. The summed E-state index contributed by atoms with van der Waals surface area (Å²) in [5.74, 6) is -0.0252. The first kappa shape index (κ1) is 15.3. The van der Waals surface area contributed by atoms with Gasteiger partial charge in [-0.15, -0.1) is 5.10 Å². The van der Waals surface area contributed by atoms with Gasteiger partial charge < -0.3 is 4.90 Å². The normalized spacial score (nSPS) is 12.6. The summed E-state index contributed by atoms with van der Waals surface area (Å²) in [4.78, 5) is 18.1. The zero-order valence-electron chi connectivity index (χ0n) is 14.0. The predicted octanol–water partition coefficient (Wildman–Crippen LogP) is 2.32. The Balaban J connectivity index is 1.61. The molecule has 0 N–H and O–H groups in total. The Kier molecular flexibility index (Phi) is 3.65. The summed E-state index contributed by atoms with van der Waals surface area (Å²) in [5, 5.41) is 8.47. The van der Waals surface area contributed by atoms with Crippen molar-refractivity contribution < 1.29 is 4.79 Å². The summed E-state index contributed by atoms with van der Waals surface area (Å²) in [6.45, 7) is 0.680.